The van der Waals surface area contributed by atoms with Gasteiger partial charge in [0.15, 0.2) is 9.84 Å². The monoisotopic (exact) mass is 319 g/mol. The van der Waals surface area contributed by atoms with Gasteiger partial charge in [-0.05, 0) is 24.1 Å². The molecule has 1 aromatic carbocycles. The molecule has 0 saturated carbocycles. The minimum Gasteiger partial charge on any atom is -0.480 e. The molecule has 1 fully saturated rings. The Kier molecular flexibility index (Phi) is 4.33. The van der Waals surface area contributed by atoms with Crippen LogP contribution >= 0.6 is 11.6 Å². The Morgan fingerprint density at radius 2 is 2.15 bits per heavy atom. The number of nitrogens with two attached hydrogens (primary N) is 1. The molecule has 0 bridgehead atoms. The molecule has 110 valence electrons. The lowest BCUT2D eigenvalue weighted by molar-refractivity contribution is -0.138. The van der Waals surface area contributed by atoms with Crippen LogP contribution in [0.15, 0.2) is 23.1 Å². The molecule has 0 aliphatic carbocycles. The Labute approximate surface area is 121 Å². The average Bonchev–Trinajstić information content (AvgIpc) is 2.25. The van der Waals surface area contributed by atoms with E-state index in [0.717, 1.165) is 0 Å². The van der Waals surface area contributed by atoms with Crippen molar-refractivity contribution in [2.75, 3.05) is 13.2 Å². The molecule has 1 saturated heterocycles. The first-order chi connectivity index (χ1) is 9.32. The Bertz CT molecular complexity index is 627. The first-order valence-corrected chi connectivity index (χ1v) is 7.83. The molecule has 1 aromatic rings. The van der Waals surface area contributed by atoms with Gasteiger partial charge in [0.05, 0.1) is 23.1 Å². The zero-order valence-corrected chi connectivity index (χ0v) is 12.0. The third kappa shape index (κ3) is 2.95. The van der Waals surface area contributed by atoms with Gasteiger partial charge in [0.25, 0.3) is 0 Å². The summed E-state index contributed by atoms with van der Waals surface area (Å²) in [6.07, 6.45) is 0.0852. The number of hydrogen-bond acceptors (Lipinski definition) is 5. The second-order valence-corrected chi connectivity index (χ2v) is 7.22. The van der Waals surface area contributed by atoms with Crippen LogP contribution in [0.1, 0.15) is 5.56 Å². The fourth-order valence-corrected chi connectivity index (χ4v) is 3.84. The quantitative estimate of drug-likeness (QED) is 0.817. The number of aliphatic carboxylic acids is 1. The molecule has 1 heterocycles. The summed E-state index contributed by atoms with van der Waals surface area (Å²) >= 11 is 5.99. The topological polar surface area (TPSA) is 107 Å². The van der Waals surface area contributed by atoms with E-state index in [4.69, 9.17) is 27.2 Å². The average molecular weight is 320 g/mol. The van der Waals surface area contributed by atoms with E-state index in [1.54, 1.807) is 0 Å². The van der Waals surface area contributed by atoms with Crippen molar-refractivity contribution in [3.05, 3.63) is 28.8 Å². The van der Waals surface area contributed by atoms with Crippen molar-refractivity contribution in [3.8, 4) is 0 Å². The third-order valence-corrected chi connectivity index (χ3v) is 5.67. The second-order valence-electron chi connectivity index (χ2n) is 4.62. The van der Waals surface area contributed by atoms with Crippen molar-refractivity contribution >= 4 is 27.4 Å². The number of carboxylic acids is 1. The number of carboxylic acid groups (broad SMARTS) is 1. The molecular weight excluding hydrogens is 306 g/mol. The summed E-state index contributed by atoms with van der Waals surface area (Å²) in [5, 5.41) is 8.25. The number of benzene rings is 1. The van der Waals surface area contributed by atoms with E-state index < -0.39 is 27.1 Å². The van der Waals surface area contributed by atoms with Gasteiger partial charge < -0.3 is 15.6 Å². The SMILES string of the molecule is NC(Cc1ccc(S(=O)(=O)C2COC2)c(Cl)c1)C(=O)O. The van der Waals surface area contributed by atoms with Crippen molar-refractivity contribution in [1.29, 1.82) is 0 Å². The summed E-state index contributed by atoms with van der Waals surface area (Å²) in [5.41, 5.74) is 6.00. The smallest absolute Gasteiger partial charge is 0.320 e. The van der Waals surface area contributed by atoms with Crippen molar-refractivity contribution < 1.29 is 23.1 Å². The van der Waals surface area contributed by atoms with Crippen LogP contribution in [0.3, 0.4) is 0 Å². The van der Waals surface area contributed by atoms with E-state index in [2.05, 4.69) is 0 Å². The Hall–Kier alpha value is -1.15. The van der Waals surface area contributed by atoms with Crippen LogP contribution in [-0.2, 0) is 25.8 Å². The molecule has 1 aliphatic rings. The number of sulfone groups is 1. The number of rotatable bonds is 5. The van der Waals surface area contributed by atoms with Crippen LogP contribution < -0.4 is 5.73 Å². The van der Waals surface area contributed by atoms with E-state index in [-0.39, 0.29) is 29.6 Å². The maximum Gasteiger partial charge on any atom is 0.320 e. The number of carbonyl (C=O) groups is 1. The highest BCUT2D eigenvalue weighted by atomic mass is 35.5. The van der Waals surface area contributed by atoms with Crippen LogP contribution in [0.4, 0.5) is 0 Å². The lowest BCUT2D eigenvalue weighted by Crippen LogP contribution is -2.40. The molecule has 0 aromatic heterocycles. The van der Waals surface area contributed by atoms with Gasteiger partial charge in [-0.2, -0.15) is 0 Å². The molecule has 8 heteroatoms. The maximum atomic E-state index is 12.2. The molecule has 0 amide bonds. The highest BCUT2D eigenvalue weighted by Crippen LogP contribution is 2.28. The molecule has 0 radical (unpaired) electrons. The Morgan fingerprint density at radius 3 is 2.60 bits per heavy atom. The maximum absolute atomic E-state index is 12.2. The van der Waals surface area contributed by atoms with Gasteiger partial charge in [-0.1, -0.05) is 17.7 Å². The molecule has 20 heavy (non-hydrogen) atoms. The van der Waals surface area contributed by atoms with Crippen molar-refractivity contribution in [2.24, 2.45) is 5.73 Å². The molecule has 1 atom stereocenters. The van der Waals surface area contributed by atoms with Gasteiger partial charge >= 0.3 is 5.97 Å². The predicted molar refractivity (Wildman–Crippen MR) is 72.6 cm³/mol. The van der Waals surface area contributed by atoms with Crippen LogP contribution in [0.2, 0.25) is 5.02 Å². The first kappa shape index (κ1) is 15.2. The zero-order chi connectivity index (χ0) is 14.9. The standard InChI is InChI=1S/C12H14ClNO5S/c13-9-3-7(4-10(14)12(15)16)1-2-11(9)20(17,18)8-5-19-6-8/h1-3,8,10H,4-6,14H2,(H,15,16). The minimum absolute atomic E-state index is 0.0418. The van der Waals surface area contributed by atoms with Crippen LogP contribution in [0.25, 0.3) is 0 Å². The van der Waals surface area contributed by atoms with Crippen molar-refractivity contribution in [3.63, 3.8) is 0 Å². The lowest BCUT2D eigenvalue weighted by Gasteiger charge is -2.26. The fraction of sp³-hybridized carbons (Fsp3) is 0.417. The largest absolute Gasteiger partial charge is 0.480 e. The molecule has 0 spiro atoms. The van der Waals surface area contributed by atoms with Crippen LogP contribution in [-0.4, -0.2) is 44.0 Å². The van der Waals surface area contributed by atoms with E-state index in [1.807, 2.05) is 0 Å². The number of hydrogen-bond donors (Lipinski definition) is 2. The molecule has 2 rings (SSSR count). The van der Waals surface area contributed by atoms with Gasteiger partial charge in [0, 0.05) is 0 Å². The van der Waals surface area contributed by atoms with E-state index in [9.17, 15) is 13.2 Å². The van der Waals surface area contributed by atoms with E-state index in [1.165, 1.54) is 18.2 Å². The van der Waals surface area contributed by atoms with Gasteiger partial charge in [0.1, 0.15) is 11.3 Å². The van der Waals surface area contributed by atoms with E-state index >= 15 is 0 Å². The van der Waals surface area contributed by atoms with Gasteiger partial charge in [-0.3, -0.25) is 4.79 Å². The van der Waals surface area contributed by atoms with Gasteiger partial charge in [-0.15, -0.1) is 0 Å². The summed E-state index contributed by atoms with van der Waals surface area (Å²) in [5.74, 6) is -1.12. The van der Waals surface area contributed by atoms with E-state index in [0.29, 0.717) is 5.56 Å². The molecule has 3 N–H and O–H groups in total. The minimum atomic E-state index is -3.50. The summed E-state index contributed by atoms with van der Waals surface area (Å²) in [6, 6.07) is 3.31. The summed E-state index contributed by atoms with van der Waals surface area (Å²) < 4.78 is 29.3. The molecule has 6 nitrogen and oxygen atoms in total. The summed E-state index contributed by atoms with van der Waals surface area (Å²) in [6.45, 7) is 0.342. The molecule has 1 aliphatic heterocycles. The van der Waals surface area contributed by atoms with Crippen LogP contribution in [0, 0.1) is 0 Å². The predicted octanol–water partition coefficient (Wildman–Crippen LogP) is 0.467. The Morgan fingerprint density at radius 1 is 1.50 bits per heavy atom. The van der Waals surface area contributed by atoms with Crippen molar-refractivity contribution in [2.45, 2.75) is 22.6 Å². The highest BCUT2D eigenvalue weighted by molar-refractivity contribution is 7.92. The molecule has 1 unspecified atom stereocenters. The van der Waals surface area contributed by atoms with Crippen molar-refractivity contribution in [1.82, 2.24) is 0 Å². The highest BCUT2D eigenvalue weighted by Gasteiger charge is 2.35. The fourth-order valence-electron chi connectivity index (χ4n) is 1.82. The second kappa shape index (κ2) is 5.69. The van der Waals surface area contributed by atoms with Crippen LogP contribution in [0.5, 0.6) is 0 Å². The zero-order valence-electron chi connectivity index (χ0n) is 10.5. The number of ether oxygens (including phenoxy) is 1. The third-order valence-electron chi connectivity index (χ3n) is 3.12. The summed E-state index contributed by atoms with van der Waals surface area (Å²) in [4.78, 5) is 10.7. The molecular formula is C12H14ClNO5S. The summed E-state index contributed by atoms with van der Waals surface area (Å²) in [7, 11) is -3.50. The number of halogens is 1. The normalized spacial score (nSPS) is 17.5. The van der Waals surface area contributed by atoms with Gasteiger partial charge in [0.2, 0.25) is 0 Å². The Balaban J connectivity index is 2.24. The van der Waals surface area contributed by atoms with Gasteiger partial charge in [-0.25, -0.2) is 8.42 Å². The lowest BCUT2D eigenvalue weighted by atomic mass is 10.1. The first-order valence-electron chi connectivity index (χ1n) is 5.91.